The quantitative estimate of drug-likeness (QED) is 0.352. The number of imide groups is 1. The van der Waals surface area contributed by atoms with Crippen molar-refractivity contribution < 1.29 is 38.1 Å². The zero-order chi connectivity index (χ0) is 23.3. The minimum absolute atomic E-state index is 0.122. The van der Waals surface area contributed by atoms with Gasteiger partial charge in [-0.1, -0.05) is 6.07 Å². The number of carbonyl (C=O) groups excluding carboxylic acids is 4. The van der Waals surface area contributed by atoms with E-state index in [9.17, 15) is 19.2 Å². The highest BCUT2D eigenvalue weighted by atomic mass is 32.2. The first kappa shape index (κ1) is 22.9. The minimum atomic E-state index is -0.703. The van der Waals surface area contributed by atoms with Gasteiger partial charge < -0.3 is 18.9 Å². The molecule has 9 nitrogen and oxygen atoms in total. The predicted octanol–water partition coefficient (Wildman–Crippen LogP) is 3.13. The second kappa shape index (κ2) is 10.0. The largest absolute Gasteiger partial charge is 0.497 e. The first-order valence-electron chi connectivity index (χ1n) is 9.22. The Bertz CT molecular complexity index is 1090. The molecule has 0 aliphatic carbocycles. The minimum Gasteiger partial charge on any atom is -0.497 e. The van der Waals surface area contributed by atoms with Crippen LogP contribution in [-0.2, 0) is 14.3 Å². The Morgan fingerprint density at radius 2 is 1.69 bits per heavy atom. The van der Waals surface area contributed by atoms with Crippen LogP contribution in [0, 0.1) is 0 Å². The molecule has 32 heavy (non-hydrogen) atoms. The molecule has 0 aromatic heterocycles. The maximum atomic E-state index is 12.5. The average Bonchev–Trinajstić information content (AvgIpc) is 3.06. The summed E-state index contributed by atoms with van der Waals surface area (Å²) in [4.78, 5) is 49.4. The molecule has 10 heteroatoms. The Kier molecular flexibility index (Phi) is 7.16. The Morgan fingerprint density at radius 1 is 0.969 bits per heavy atom. The molecule has 1 saturated heterocycles. The van der Waals surface area contributed by atoms with Crippen LogP contribution in [0.5, 0.6) is 17.2 Å². The number of benzene rings is 2. The summed E-state index contributed by atoms with van der Waals surface area (Å²) in [5.41, 5.74) is 0.800. The predicted molar refractivity (Wildman–Crippen MR) is 116 cm³/mol. The molecular formula is C22H19NO8S. The molecule has 3 rings (SSSR count). The van der Waals surface area contributed by atoms with Crippen LogP contribution in [0.3, 0.4) is 0 Å². The number of thioether (sulfide) groups is 1. The van der Waals surface area contributed by atoms with Crippen molar-refractivity contribution in [1.29, 1.82) is 0 Å². The molecule has 0 saturated carbocycles. The first-order valence-corrected chi connectivity index (χ1v) is 10.0. The van der Waals surface area contributed by atoms with Crippen LogP contribution in [0.15, 0.2) is 47.4 Å². The van der Waals surface area contributed by atoms with E-state index in [0.29, 0.717) is 34.4 Å². The zero-order valence-electron chi connectivity index (χ0n) is 17.4. The van der Waals surface area contributed by atoms with Crippen LogP contribution in [0.2, 0.25) is 0 Å². The highest BCUT2D eigenvalue weighted by Gasteiger charge is 2.36. The van der Waals surface area contributed by atoms with E-state index in [-0.39, 0.29) is 10.7 Å². The third-order valence-corrected chi connectivity index (χ3v) is 5.31. The zero-order valence-corrected chi connectivity index (χ0v) is 18.3. The lowest BCUT2D eigenvalue weighted by atomic mass is 10.1. The summed E-state index contributed by atoms with van der Waals surface area (Å²) >= 11 is 0.699. The van der Waals surface area contributed by atoms with E-state index in [2.05, 4.69) is 4.74 Å². The molecule has 2 aromatic carbocycles. The average molecular weight is 457 g/mol. The van der Waals surface area contributed by atoms with E-state index in [4.69, 9.17) is 14.2 Å². The molecule has 0 radical (unpaired) electrons. The molecule has 2 aromatic rings. The summed E-state index contributed by atoms with van der Waals surface area (Å²) in [6.45, 7) is -0.466. The molecule has 0 unspecified atom stereocenters. The van der Waals surface area contributed by atoms with Gasteiger partial charge in [0.15, 0.2) is 11.5 Å². The molecule has 1 fully saturated rings. The highest BCUT2D eigenvalue weighted by Crippen LogP contribution is 2.34. The molecule has 166 valence electrons. The first-order chi connectivity index (χ1) is 15.4. The van der Waals surface area contributed by atoms with Gasteiger partial charge in [-0.15, -0.1) is 0 Å². The highest BCUT2D eigenvalue weighted by molar-refractivity contribution is 8.18. The van der Waals surface area contributed by atoms with Crippen LogP contribution in [-0.4, -0.2) is 55.9 Å². The SMILES string of the molecule is COC(=O)CN1C(=O)S/C(=C\c2ccc(OC)c(OC(=O)c3ccc(OC)cc3)c2)C1=O. The van der Waals surface area contributed by atoms with Crippen molar-refractivity contribution in [2.75, 3.05) is 27.9 Å². The van der Waals surface area contributed by atoms with Gasteiger partial charge in [-0.3, -0.25) is 19.3 Å². The van der Waals surface area contributed by atoms with Gasteiger partial charge in [0.2, 0.25) is 0 Å². The number of amides is 2. The fourth-order valence-corrected chi connectivity index (χ4v) is 3.57. The van der Waals surface area contributed by atoms with E-state index in [1.54, 1.807) is 36.4 Å². The Morgan fingerprint density at radius 3 is 2.31 bits per heavy atom. The number of hydrogen-bond acceptors (Lipinski definition) is 9. The van der Waals surface area contributed by atoms with Gasteiger partial charge in [-0.2, -0.15) is 0 Å². The van der Waals surface area contributed by atoms with E-state index >= 15 is 0 Å². The maximum Gasteiger partial charge on any atom is 0.343 e. The molecule has 0 bridgehead atoms. The van der Waals surface area contributed by atoms with Gasteiger partial charge in [-0.05, 0) is 59.8 Å². The number of methoxy groups -OCH3 is 3. The summed E-state index contributed by atoms with van der Waals surface area (Å²) in [7, 11) is 4.12. The molecule has 0 N–H and O–H groups in total. The standard InChI is InChI=1S/C22H19NO8S/c1-28-15-7-5-14(6-8-15)21(26)31-17-10-13(4-9-16(17)29-2)11-18-20(25)23(22(27)32-18)12-19(24)30-3/h4-11H,12H2,1-3H3/b18-11-. The Hall–Kier alpha value is -3.79. The lowest BCUT2D eigenvalue weighted by Gasteiger charge is -2.11. The van der Waals surface area contributed by atoms with Crippen molar-refractivity contribution in [1.82, 2.24) is 4.90 Å². The normalized spacial score (nSPS) is 14.5. The Balaban J connectivity index is 1.83. The van der Waals surface area contributed by atoms with Crippen LogP contribution in [0.25, 0.3) is 6.08 Å². The van der Waals surface area contributed by atoms with Crippen molar-refractivity contribution >= 4 is 40.9 Å². The lowest BCUT2D eigenvalue weighted by Crippen LogP contribution is -2.34. The second-order valence-electron chi connectivity index (χ2n) is 6.37. The number of nitrogens with zero attached hydrogens (tertiary/aromatic N) is 1. The van der Waals surface area contributed by atoms with Gasteiger partial charge in [0.25, 0.3) is 11.1 Å². The van der Waals surface area contributed by atoms with Crippen LogP contribution < -0.4 is 14.2 Å². The summed E-state index contributed by atoms with van der Waals surface area (Å²) < 4.78 is 20.3. The van der Waals surface area contributed by atoms with E-state index < -0.39 is 29.6 Å². The van der Waals surface area contributed by atoms with Crippen LogP contribution in [0.4, 0.5) is 4.79 Å². The number of ether oxygens (including phenoxy) is 4. The molecule has 1 aliphatic heterocycles. The van der Waals surface area contributed by atoms with Crippen LogP contribution in [0.1, 0.15) is 15.9 Å². The summed E-state index contributed by atoms with van der Waals surface area (Å²) in [5.74, 6) is -0.883. The second-order valence-corrected chi connectivity index (χ2v) is 7.37. The third kappa shape index (κ3) is 5.09. The van der Waals surface area contributed by atoms with Crippen molar-refractivity contribution in [3.63, 3.8) is 0 Å². The van der Waals surface area contributed by atoms with Gasteiger partial charge in [0, 0.05) is 0 Å². The van der Waals surface area contributed by atoms with Crippen molar-refractivity contribution in [3.05, 3.63) is 58.5 Å². The van der Waals surface area contributed by atoms with Crippen molar-refractivity contribution in [2.45, 2.75) is 0 Å². The topological polar surface area (TPSA) is 108 Å². The number of hydrogen-bond donors (Lipinski definition) is 0. The lowest BCUT2D eigenvalue weighted by molar-refractivity contribution is -0.143. The summed E-state index contributed by atoms with van der Waals surface area (Å²) in [6, 6.07) is 11.1. The molecule has 0 spiro atoms. The summed E-state index contributed by atoms with van der Waals surface area (Å²) in [5, 5.41) is -0.577. The van der Waals surface area contributed by atoms with Gasteiger partial charge in [-0.25, -0.2) is 4.79 Å². The van der Waals surface area contributed by atoms with Crippen LogP contribution >= 0.6 is 11.8 Å². The fraction of sp³-hybridized carbons (Fsp3) is 0.182. The number of esters is 2. The number of carbonyl (C=O) groups is 4. The molecule has 1 aliphatic rings. The van der Waals surface area contributed by atoms with Crippen molar-refractivity contribution in [2.24, 2.45) is 0 Å². The third-order valence-electron chi connectivity index (χ3n) is 4.40. The molecule has 2 amide bonds. The van der Waals surface area contributed by atoms with Gasteiger partial charge in [0.1, 0.15) is 12.3 Å². The molecule has 0 atom stereocenters. The number of rotatable bonds is 7. The maximum absolute atomic E-state index is 12.5. The molecule has 1 heterocycles. The molecular weight excluding hydrogens is 438 g/mol. The van der Waals surface area contributed by atoms with E-state index in [1.807, 2.05) is 0 Å². The van der Waals surface area contributed by atoms with E-state index in [0.717, 1.165) is 4.90 Å². The fourth-order valence-electron chi connectivity index (χ4n) is 2.73. The van der Waals surface area contributed by atoms with Crippen molar-refractivity contribution in [3.8, 4) is 17.2 Å². The van der Waals surface area contributed by atoms with Gasteiger partial charge >= 0.3 is 11.9 Å². The Labute approximate surface area is 187 Å². The smallest absolute Gasteiger partial charge is 0.343 e. The van der Waals surface area contributed by atoms with Gasteiger partial charge in [0.05, 0.1) is 31.8 Å². The monoisotopic (exact) mass is 457 g/mol. The van der Waals surface area contributed by atoms with E-state index in [1.165, 1.54) is 33.5 Å². The summed E-state index contributed by atoms with van der Waals surface area (Å²) in [6.07, 6.45) is 1.46.